The van der Waals surface area contributed by atoms with E-state index in [-0.39, 0.29) is 0 Å². The topological polar surface area (TPSA) is 12.5 Å². The summed E-state index contributed by atoms with van der Waals surface area (Å²) < 4.78 is 6.45. The van der Waals surface area contributed by atoms with E-state index in [1.54, 1.807) is 0 Å². The first-order valence-corrected chi connectivity index (χ1v) is 5.60. The van der Waals surface area contributed by atoms with Crippen LogP contribution in [0.5, 0.6) is 0 Å². The first kappa shape index (κ1) is 10.1. The van der Waals surface area contributed by atoms with Gasteiger partial charge in [-0.2, -0.15) is 0 Å². The SMILES string of the molecule is Brc1c[c]ccc1CN1CCOCC1. The number of rotatable bonds is 2. The standard InChI is InChI=1S/C11H13BrNO/c12-11-4-2-1-3-10(11)9-13-5-7-14-8-6-13/h1,3-4H,5-9H2. The molecule has 1 radical (unpaired) electrons. The number of ether oxygens (including phenoxy) is 1. The molecule has 14 heavy (non-hydrogen) atoms. The summed E-state index contributed by atoms with van der Waals surface area (Å²) in [7, 11) is 0. The van der Waals surface area contributed by atoms with Gasteiger partial charge >= 0.3 is 0 Å². The largest absolute Gasteiger partial charge is 0.379 e. The zero-order chi connectivity index (χ0) is 9.80. The van der Waals surface area contributed by atoms with E-state index in [2.05, 4.69) is 33.0 Å². The molecule has 1 saturated heterocycles. The van der Waals surface area contributed by atoms with Crippen molar-refractivity contribution in [3.63, 3.8) is 0 Å². The average molecular weight is 255 g/mol. The molecule has 1 aliphatic rings. The van der Waals surface area contributed by atoms with E-state index in [0.717, 1.165) is 37.3 Å². The van der Waals surface area contributed by atoms with Gasteiger partial charge in [-0.25, -0.2) is 0 Å². The van der Waals surface area contributed by atoms with E-state index in [1.807, 2.05) is 12.1 Å². The van der Waals surface area contributed by atoms with Crippen molar-refractivity contribution < 1.29 is 4.74 Å². The lowest BCUT2D eigenvalue weighted by Crippen LogP contribution is -2.35. The summed E-state index contributed by atoms with van der Waals surface area (Å²) in [6.07, 6.45) is 0. The fraction of sp³-hybridized carbons (Fsp3) is 0.455. The predicted molar refractivity (Wildman–Crippen MR) is 59.1 cm³/mol. The van der Waals surface area contributed by atoms with Crippen LogP contribution in [0.2, 0.25) is 0 Å². The maximum absolute atomic E-state index is 5.31. The lowest BCUT2D eigenvalue weighted by molar-refractivity contribution is 0.0341. The second-order valence-electron chi connectivity index (χ2n) is 3.41. The molecule has 1 fully saturated rings. The molecular weight excluding hydrogens is 242 g/mol. The zero-order valence-electron chi connectivity index (χ0n) is 8.00. The molecule has 2 nitrogen and oxygen atoms in total. The Morgan fingerprint density at radius 1 is 1.43 bits per heavy atom. The summed E-state index contributed by atoms with van der Waals surface area (Å²) in [5, 5.41) is 0. The highest BCUT2D eigenvalue weighted by atomic mass is 79.9. The second-order valence-corrected chi connectivity index (χ2v) is 4.26. The number of benzene rings is 1. The van der Waals surface area contributed by atoms with E-state index in [1.165, 1.54) is 5.56 Å². The first-order valence-electron chi connectivity index (χ1n) is 4.81. The maximum Gasteiger partial charge on any atom is 0.0594 e. The number of nitrogens with zero attached hydrogens (tertiary/aromatic N) is 1. The normalized spacial score (nSPS) is 18.4. The van der Waals surface area contributed by atoms with Gasteiger partial charge in [0.1, 0.15) is 0 Å². The third-order valence-corrected chi connectivity index (χ3v) is 3.13. The fourth-order valence-corrected chi connectivity index (χ4v) is 1.96. The van der Waals surface area contributed by atoms with E-state index in [0.29, 0.717) is 0 Å². The van der Waals surface area contributed by atoms with Gasteiger partial charge in [-0.3, -0.25) is 4.90 Å². The molecule has 75 valence electrons. The highest BCUT2D eigenvalue weighted by Crippen LogP contribution is 2.17. The van der Waals surface area contributed by atoms with Crippen molar-refractivity contribution in [1.82, 2.24) is 4.90 Å². The molecule has 1 aromatic rings. The van der Waals surface area contributed by atoms with E-state index < -0.39 is 0 Å². The Morgan fingerprint density at radius 2 is 2.21 bits per heavy atom. The van der Waals surface area contributed by atoms with E-state index >= 15 is 0 Å². The van der Waals surface area contributed by atoms with Gasteiger partial charge in [-0.1, -0.05) is 28.1 Å². The number of halogens is 1. The van der Waals surface area contributed by atoms with Crippen LogP contribution in [-0.2, 0) is 11.3 Å². The molecule has 1 aliphatic heterocycles. The molecule has 2 rings (SSSR count). The van der Waals surface area contributed by atoms with Crippen LogP contribution in [0.3, 0.4) is 0 Å². The van der Waals surface area contributed by atoms with Crippen molar-refractivity contribution in [3.05, 3.63) is 34.3 Å². The van der Waals surface area contributed by atoms with Crippen molar-refractivity contribution >= 4 is 15.9 Å². The highest BCUT2D eigenvalue weighted by Gasteiger charge is 2.11. The Hall–Kier alpha value is -0.380. The fourth-order valence-electron chi connectivity index (χ4n) is 1.57. The average Bonchev–Trinajstić information content (AvgIpc) is 2.23. The van der Waals surface area contributed by atoms with Crippen LogP contribution in [0.4, 0.5) is 0 Å². The molecule has 0 N–H and O–H groups in total. The van der Waals surface area contributed by atoms with Gasteiger partial charge in [0.25, 0.3) is 0 Å². The molecule has 0 saturated carbocycles. The van der Waals surface area contributed by atoms with Crippen LogP contribution in [0.15, 0.2) is 22.7 Å². The maximum atomic E-state index is 5.31. The summed E-state index contributed by atoms with van der Waals surface area (Å²) in [5.74, 6) is 0. The summed E-state index contributed by atoms with van der Waals surface area (Å²) >= 11 is 3.53. The Labute approximate surface area is 93.0 Å². The number of morpholine rings is 1. The molecule has 1 aromatic carbocycles. The zero-order valence-corrected chi connectivity index (χ0v) is 9.59. The van der Waals surface area contributed by atoms with E-state index in [4.69, 9.17) is 4.74 Å². The predicted octanol–water partition coefficient (Wildman–Crippen LogP) is 2.08. The summed E-state index contributed by atoms with van der Waals surface area (Å²) in [6.45, 7) is 4.78. The van der Waals surface area contributed by atoms with Gasteiger partial charge in [0.05, 0.1) is 13.2 Å². The molecule has 0 unspecified atom stereocenters. The quantitative estimate of drug-likeness (QED) is 0.802. The lowest BCUT2D eigenvalue weighted by Gasteiger charge is -2.26. The molecule has 0 amide bonds. The van der Waals surface area contributed by atoms with Gasteiger partial charge in [0.2, 0.25) is 0 Å². The van der Waals surface area contributed by atoms with Gasteiger partial charge < -0.3 is 4.74 Å². The van der Waals surface area contributed by atoms with Crippen molar-refractivity contribution in [2.75, 3.05) is 26.3 Å². The molecule has 0 bridgehead atoms. The third-order valence-electron chi connectivity index (χ3n) is 2.40. The van der Waals surface area contributed by atoms with Crippen molar-refractivity contribution in [1.29, 1.82) is 0 Å². The van der Waals surface area contributed by atoms with Gasteiger partial charge in [-0.05, 0) is 17.7 Å². The molecule has 0 atom stereocenters. The molecule has 1 heterocycles. The van der Waals surface area contributed by atoms with Crippen molar-refractivity contribution in [2.45, 2.75) is 6.54 Å². The van der Waals surface area contributed by atoms with Crippen LogP contribution < -0.4 is 0 Å². The van der Waals surface area contributed by atoms with Gasteiger partial charge in [0.15, 0.2) is 0 Å². The third kappa shape index (κ3) is 2.56. The molecule has 0 spiro atoms. The lowest BCUT2D eigenvalue weighted by atomic mass is 10.2. The Kier molecular flexibility index (Phi) is 3.56. The van der Waals surface area contributed by atoms with Crippen LogP contribution in [0.25, 0.3) is 0 Å². The summed E-state index contributed by atoms with van der Waals surface area (Å²) in [5.41, 5.74) is 1.32. The van der Waals surface area contributed by atoms with Crippen LogP contribution >= 0.6 is 15.9 Å². The Morgan fingerprint density at radius 3 is 2.93 bits per heavy atom. The second kappa shape index (κ2) is 4.91. The molecule has 0 aromatic heterocycles. The summed E-state index contributed by atoms with van der Waals surface area (Å²) in [4.78, 5) is 2.41. The smallest absolute Gasteiger partial charge is 0.0594 e. The van der Waals surface area contributed by atoms with Crippen LogP contribution in [0, 0.1) is 6.07 Å². The minimum Gasteiger partial charge on any atom is -0.379 e. The first-order chi connectivity index (χ1) is 6.86. The van der Waals surface area contributed by atoms with Crippen LogP contribution in [0.1, 0.15) is 5.56 Å². The summed E-state index contributed by atoms with van der Waals surface area (Å²) in [6, 6.07) is 9.09. The number of hydrogen-bond acceptors (Lipinski definition) is 2. The van der Waals surface area contributed by atoms with Crippen molar-refractivity contribution in [2.24, 2.45) is 0 Å². The molecule has 3 heteroatoms. The van der Waals surface area contributed by atoms with Crippen molar-refractivity contribution in [3.8, 4) is 0 Å². The number of hydrogen-bond donors (Lipinski definition) is 0. The monoisotopic (exact) mass is 254 g/mol. The van der Waals surface area contributed by atoms with Gasteiger partial charge in [-0.15, -0.1) is 0 Å². The van der Waals surface area contributed by atoms with E-state index in [9.17, 15) is 0 Å². The minimum atomic E-state index is 0.858. The highest BCUT2D eigenvalue weighted by molar-refractivity contribution is 9.10. The van der Waals surface area contributed by atoms with Gasteiger partial charge in [0, 0.05) is 24.1 Å². The Balaban J connectivity index is 1.99. The molecule has 0 aliphatic carbocycles. The molecular formula is C11H13BrNO. The minimum absolute atomic E-state index is 0.858. The van der Waals surface area contributed by atoms with Crippen LogP contribution in [-0.4, -0.2) is 31.2 Å². The Bertz CT molecular complexity index is 297.